The third kappa shape index (κ3) is 5.28. The van der Waals surface area contributed by atoms with Crippen molar-refractivity contribution in [2.75, 3.05) is 32.9 Å². The molecular formula is C18H30N2O3S. The molecular weight excluding hydrogens is 324 g/mol. The Labute approximate surface area is 146 Å². The van der Waals surface area contributed by atoms with Crippen LogP contribution in [0.5, 0.6) is 0 Å². The molecule has 0 aromatic heterocycles. The van der Waals surface area contributed by atoms with Gasteiger partial charge in [0.1, 0.15) is 0 Å². The first-order valence-electron chi connectivity index (χ1n) is 8.56. The van der Waals surface area contributed by atoms with Crippen molar-refractivity contribution >= 4 is 10.0 Å². The molecule has 1 aromatic rings. The minimum absolute atomic E-state index is 0.00495. The van der Waals surface area contributed by atoms with E-state index in [0.29, 0.717) is 19.0 Å². The molecule has 0 spiro atoms. The van der Waals surface area contributed by atoms with Gasteiger partial charge in [0.05, 0.1) is 11.9 Å². The van der Waals surface area contributed by atoms with Crippen molar-refractivity contribution in [2.24, 2.45) is 11.8 Å². The Morgan fingerprint density at radius 2 is 1.75 bits per heavy atom. The van der Waals surface area contributed by atoms with Crippen LogP contribution in [0.4, 0.5) is 0 Å². The number of hydrogen-bond acceptors (Lipinski definition) is 4. The van der Waals surface area contributed by atoms with Crippen molar-refractivity contribution in [3.8, 4) is 0 Å². The molecule has 1 fully saturated rings. The zero-order valence-electron chi connectivity index (χ0n) is 15.1. The van der Waals surface area contributed by atoms with E-state index in [9.17, 15) is 13.5 Å². The van der Waals surface area contributed by atoms with E-state index in [1.807, 2.05) is 0 Å². The zero-order valence-corrected chi connectivity index (χ0v) is 16.0. The van der Waals surface area contributed by atoms with Crippen LogP contribution in [0.1, 0.15) is 25.0 Å². The molecule has 6 heteroatoms. The van der Waals surface area contributed by atoms with Crippen LogP contribution < -0.4 is 0 Å². The molecule has 2 atom stereocenters. The quantitative estimate of drug-likeness (QED) is 0.807. The van der Waals surface area contributed by atoms with Gasteiger partial charge in [-0.05, 0) is 23.5 Å². The summed E-state index contributed by atoms with van der Waals surface area (Å²) in [6, 6.07) is 8.59. The van der Waals surface area contributed by atoms with Crippen LogP contribution in [0.3, 0.4) is 0 Å². The number of aliphatic hydroxyl groups excluding tert-OH is 1. The molecule has 0 amide bonds. The Bertz CT molecular complexity index is 626. The number of hydrogen-bond donors (Lipinski definition) is 1. The SMILES string of the molecule is CC(C)Cc1ccc(CN2C[C@@H](CS(=O)(=O)N(C)C)[C@H](O)C2)cc1. The summed E-state index contributed by atoms with van der Waals surface area (Å²) in [5.74, 6) is 0.423. The molecule has 1 saturated heterocycles. The van der Waals surface area contributed by atoms with Crippen LogP contribution in [0.2, 0.25) is 0 Å². The number of nitrogens with zero attached hydrogens (tertiary/aromatic N) is 2. The van der Waals surface area contributed by atoms with Crippen molar-refractivity contribution in [3.63, 3.8) is 0 Å². The lowest BCUT2D eigenvalue weighted by Gasteiger charge is -2.18. The molecule has 0 aliphatic carbocycles. The number of sulfonamides is 1. The van der Waals surface area contributed by atoms with E-state index in [-0.39, 0.29) is 11.7 Å². The van der Waals surface area contributed by atoms with Gasteiger partial charge in [0.15, 0.2) is 0 Å². The van der Waals surface area contributed by atoms with Crippen LogP contribution >= 0.6 is 0 Å². The van der Waals surface area contributed by atoms with Gasteiger partial charge in [0, 0.05) is 39.6 Å². The fourth-order valence-electron chi connectivity index (χ4n) is 3.16. The summed E-state index contributed by atoms with van der Waals surface area (Å²) in [7, 11) is -0.212. The number of likely N-dealkylation sites (tertiary alicyclic amines) is 1. The molecule has 0 unspecified atom stereocenters. The van der Waals surface area contributed by atoms with Crippen molar-refractivity contribution in [3.05, 3.63) is 35.4 Å². The lowest BCUT2D eigenvalue weighted by atomic mass is 10.0. The number of rotatable bonds is 7. The summed E-state index contributed by atoms with van der Waals surface area (Å²) in [6.45, 7) is 6.31. The molecule has 136 valence electrons. The predicted molar refractivity (Wildman–Crippen MR) is 97.2 cm³/mol. The highest BCUT2D eigenvalue weighted by Crippen LogP contribution is 2.22. The predicted octanol–water partition coefficient (Wildman–Crippen LogP) is 1.57. The lowest BCUT2D eigenvalue weighted by molar-refractivity contribution is 0.148. The summed E-state index contributed by atoms with van der Waals surface area (Å²) in [6.07, 6.45) is 0.493. The van der Waals surface area contributed by atoms with Gasteiger partial charge < -0.3 is 5.11 Å². The van der Waals surface area contributed by atoms with Crippen LogP contribution in [0.25, 0.3) is 0 Å². The number of β-amino-alcohol motifs (C(OH)–C–C–N with tert-alkyl or cyclic N) is 1. The normalized spacial score (nSPS) is 22.6. The summed E-state index contributed by atoms with van der Waals surface area (Å²) < 4.78 is 25.3. The highest BCUT2D eigenvalue weighted by molar-refractivity contribution is 7.89. The van der Waals surface area contributed by atoms with Crippen molar-refractivity contribution in [2.45, 2.75) is 32.9 Å². The molecule has 0 bridgehead atoms. The largest absolute Gasteiger partial charge is 0.391 e. The second kappa shape index (κ2) is 7.95. The van der Waals surface area contributed by atoms with E-state index in [1.54, 1.807) is 0 Å². The summed E-state index contributed by atoms with van der Waals surface area (Å²) in [5, 5.41) is 10.2. The molecule has 1 N–H and O–H groups in total. The van der Waals surface area contributed by atoms with E-state index in [2.05, 4.69) is 43.0 Å². The summed E-state index contributed by atoms with van der Waals surface area (Å²) in [4.78, 5) is 2.14. The van der Waals surface area contributed by atoms with Gasteiger partial charge in [-0.2, -0.15) is 0 Å². The van der Waals surface area contributed by atoms with E-state index in [1.165, 1.54) is 29.5 Å². The Morgan fingerprint density at radius 1 is 1.17 bits per heavy atom. The van der Waals surface area contributed by atoms with Gasteiger partial charge in [0.2, 0.25) is 10.0 Å². The molecule has 2 rings (SSSR count). The molecule has 1 aromatic carbocycles. The summed E-state index contributed by atoms with van der Waals surface area (Å²) in [5.41, 5.74) is 2.54. The van der Waals surface area contributed by atoms with Crippen LogP contribution in [0, 0.1) is 11.8 Å². The second-order valence-electron chi connectivity index (χ2n) is 7.50. The lowest BCUT2D eigenvalue weighted by Crippen LogP contribution is -2.33. The number of benzene rings is 1. The number of aliphatic hydroxyl groups is 1. The highest BCUT2D eigenvalue weighted by Gasteiger charge is 2.35. The average Bonchev–Trinajstić information content (AvgIpc) is 2.79. The minimum atomic E-state index is -3.28. The monoisotopic (exact) mass is 354 g/mol. The molecule has 24 heavy (non-hydrogen) atoms. The topological polar surface area (TPSA) is 60.9 Å². The first kappa shape index (κ1) is 19.4. The Morgan fingerprint density at radius 3 is 2.29 bits per heavy atom. The average molecular weight is 355 g/mol. The van der Waals surface area contributed by atoms with Crippen molar-refractivity contribution in [1.82, 2.24) is 9.21 Å². The Kier molecular flexibility index (Phi) is 6.42. The smallest absolute Gasteiger partial charge is 0.214 e. The van der Waals surface area contributed by atoms with E-state index in [0.717, 1.165) is 13.0 Å². The van der Waals surface area contributed by atoms with Gasteiger partial charge >= 0.3 is 0 Å². The fraction of sp³-hybridized carbons (Fsp3) is 0.667. The van der Waals surface area contributed by atoms with E-state index >= 15 is 0 Å². The van der Waals surface area contributed by atoms with E-state index < -0.39 is 16.1 Å². The maximum absolute atomic E-state index is 12.0. The van der Waals surface area contributed by atoms with Crippen molar-refractivity contribution in [1.29, 1.82) is 0 Å². The Hall–Kier alpha value is -0.950. The van der Waals surface area contributed by atoms with Gasteiger partial charge in [-0.1, -0.05) is 38.1 Å². The zero-order chi connectivity index (χ0) is 17.9. The van der Waals surface area contributed by atoms with Gasteiger partial charge in [-0.3, -0.25) is 4.90 Å². The van der Waals surface area contributed by atoms with Gasteiger partial charge in [-0.15, -0.1) is 0 Å². The molecule has 0 radical (unpaired) electrons. The maximum Gasteiger partial charge on any atom is 0.214 e. The first-order chi connectivity index (χ1) is 11.2. The third-order valence-electron chi connectivity index (χ3n) is 4.54. The molecule has 1 aliphatic rings. The molecule has 1 heterocycles. The molecule has 5 nitrogen and oxygen atoms in total. The highest BCUT2D eigenvalue weighted by atomic mass is 32.2. The van der Waals surface area contributed by atoms with E-state index in [4.69, 9.17) is 0 Å². The minimum Gasteiger partial charge on any atom is -0.391 e. The van der Waals surface area contributed by atoms with Crippen LogP contribution in [0.15, 0.2) is 24.3 Å². The Balaban J connectivity index is 1.93. The van der Waals surface area contributed by atoms with Gasteiger partial charge in [0.25, 0.3) is 0 Å². The van der Waals surface area contributed by atoms with Crippen LogP contribution in [-0.2, 0) is 23.0 Å². The molecule has 0 saturated carbocycles. The second-order valence-corrected chi connectivity index (χ2v) is 9.72. The summed E-state index contributed by atoms with van der Waals surface area (Å²) >= 11 is 0. The van der Waals surface area contributed by atoms with Gasteiger partial charge in [-0.25, -0.2) is 12.7 Å². The van der Waals surface area contributed by atoms with Crippen LogP contribution in [-0.4, -0.2) is 61.8 Å². The van der Waals surface area contributed by atoms with Crippen molar-refractivity contribution < 1.29 is 13.5 Å². The fourth-order valence-corrected chi connectivity index (χ4v) is 4.33. The first-order valence-corrected chi connectivity index (χ1v) is 10.2. The molecule has 1 aliphatic heterocycles. The third-order valence-corrected chi connectivity index (χ3v) is 6.50. The maximum atomic E-state index is 12.0. The standard InChI is InChI=1S/C18H30N2O3S/c1-14(2)9-15-5-7-16(8-6-15)10-20-11-17(18(21)12-20)13-24(22,23)19(3)4/h5-8,14,17-18,21H,9-13H2,1-4H3/t17-,18+/m0/s1.